The highest BCUT2D eigenvalue weighted by Crippen LogP contribution is 2.24. The second-order valence-corrected chi connectivity index (χ2v) is 23.5. The fourth-order valence-electron chi connectivity index (χ4n) is 11.0. The van der Waals surface area contributed by atoms with Gasteiger partial charge < -0.3 is 50.5 Å². The Morgan fingerprint density at radius 1 is 0.447 bits per heavy atom. The predicted octanol–water partition coefficient (Wildman–Crippen LogP) is 15.1. The van der Waals surface area contributed by atoms with Crippen molar-refractivity contribution in [1.29, 1.82) is 0 Å². The molecule has 1 heterocycles. The van der Waals surface area contributed by atoms with Crippen molar-refractivity contribution in [1.82, 2.24) is 5.32 Å². The molecule has 1 amide bonds. The highest BCUT2D eigenvalue weighted by Gasteiger charge is 2.44. The van der Waals surface area contributed by atoms with Gasteiger partial charge in [0.2, 0.25) is 5.91 Å². The van der Waals surface area contributed by atoms with Crippen LogP contribution in [0.15, 0.2) is 12.2 Å². The lowest BCUT2D eigenvalue weighted by molar-refractivity contribution is -0.303. The molecular weight excluding hydrogens is 955 g/mol. The van der Waals surface area contributed by atoms with E-state index in [4.69, 9.17) is 9.47 Å². The van der Waals surface area contributed by atoms with E-state index in [1.807, 2.05) is 0 Å². The van der Waals surface area contributed by atoms with E-state index in [1.165, 1.54) is 250 Å². The van der Waals surface area contributed by atoms with Gasteiger partial charge >= 0.3 is 0 Å². The average Bonchev–Trinajstić information content (AvgIpc) is 3.42. The molecule has 11 nitrogen and oxygen atoms in total. The second kappa shape index (κ2) is 54.4. The van der Waals surface area contributed by atoms with E-state index in [0.717, 1.165) is 38.5 Å². The quantitative estimate of drug-likeness (QED) is 0.0215. The van der Waals surface area contributed by atoms with Gasteiger partial charge in [-0.25, -0.2) is 0 Å². The van der Waals surface area contributed by atoms with Gasteiger partial charge in [-0.15, -0.1) is 0 Å². The number of unbranched alkanes of at least 4 members (excludes halogenated alkanes) is 44. The van der Waals surface area contributed by atoms with E-state index in [-0.39, 0.29) is 12.8 Å². The van der Waals surface area contributed by atoms with E-state index in [1.54, 1.807) is 0 Å². The number of ether oxygens (including phenoxy) is 2. The van der Waals surface area contributed by atoms with Crippen molar-refractivity contribution in [2.45, 2.75) is 384 Å². The molecule has 1 rings (SSSR count). The number of aliphatic hydroxyl groups is 7. The molecular formula is C65H127NO10. The Bertz CT molecular complexity index is 1240. The standard InChI is InChI=1S/C65H127NO10/c1-3-5-7-9-11-13-15-16-17-18-19-20-21-22-23-24-25-26-27-28-29-30-31-32-33-34-35-36-37-38-39-40-41-43-45-47-49-51-53-58(69)64(74)66-56(55-75-65-63(73)62(72)61(71)59(54-67)76-65)60(70)57(68)52-50-48-46-44-42-14-12-10-8-6-4-2/h44,46,56-63,65,67-73H,3-43,45,47-55H2,1-2H3,(H,66,74)/b46-44+. The Hall–Kier alpha value is -1.15. The van der Waals surface area contributed by atoms with Crippen molar-refractivity contribution in [2.24, 2.45) is 0 Å². The number of rotatable bonds is 58. The lowest BCUT2D eigenvalue weighted by Crippen LogP contribution is -2.60. The number of nitrogens with one attached hydrogen (secondary N) is 1. The molecule has 0 spiro atoms. The molecule has 1 aliphatic heterocycles. The van der Waals surface area contributed by atoms with Crippen LogP contribution in [0.4, 0.5) is 0 Å². The van der Waals surface area contributed by atoms with Crippen LogP contribution in [0, 0.1) is 0 Å². The summed E-state index contributed by atoms with van der Waals surface area (Å²) in [4.78, 5) is 13.2. The van der Waals surface area contributed by atoms with Gasteiger partial charge in [0.05, 0.1) is 25.4 Å². The number of hydrogen-bond acceptors (Lipinski definition) is 10. The van der Waals surface area contributed by atoms with Crippen molar-refractivity contribution in [3.8, 4) is 0 Å². The summed E-state index contributed by atoms with van der Waals surface area (Å²) >= 11 is 0. The molecule has 0 bridgehead atoms. The van der Waals surface area contributed by atoms with Crippen molar-refractivity contribution in [3.05, 3.63) is 12.2 Å². The highest BCUT2D eigenvalue weighted by molar-refractivity contribution is 5.80. The molecule has 0 aromatic heterocycles. The van der Waals surface area contributed by atoms with E-state index >= 15 is 0 Å². The monoisotopic (exact) mass is 1080 g/mol. The third-order valence-electron chi connectivity index (χ3n) is 16.3. The molecule has 76 heavy (non-hydrogen) atoms. The number of hydrogen-bond donors (Lipinski definition) is 8. The van der Waals surface area contributed by atoms with Crippen LogP contribution >= 0.6 is 0 Å². The third kappa shape index (κ3) is 41.8. The molecule has 1 aliphatic rings. The summed E-state index contributed by atoms with van der Waals surface area (Å²) in [5, 5.41) is 76.0. The Balaban J connectivity index is 2.06. The van der Waals surface area contributed by atoms with Crippen LogP contribution in [-0.2, 0) is 14.3 Å². The van der Waals surface area contributed by atoms with Gasteiger partial charge in [0.25, 0.3) is 0 Å². The molecule has 0 radical (unpaired) electrons. The molecule has 0 saturated carbocycles. The predicted molar refractivity (Wildman–Crippen MR) is 316 cm³/mol. The minimum atomic E-state index is -1.66. The molecule has 1 saturated heterocycles. The minimum Gasteiger partial charge on any atom is -0.394 e. The maximum atomic E-state index is 13.2. The van der Waals surface area contributed by atoms with Crippen LogP contribution in [0.5, 0.6) is 0 Å². The molecule has 452 valence electrons. The first-order valence-electron chi connectivity index (χ1n) is 33.1. The maximum Gasteiger partial charge on any atom is 0.249 e. The zero-order valence-electron chi connectivity index (χ0n) is 49.8. The topological polar surface area (TPSA) is 189 Å². The summed E-state index contributed by atoms with van der Waals surface area (Å²) in [6, 6.07) is -1.18. The Morgan fingerprint density at radius 3 is 1.13 bits per heavy atom. The molecule has 9 unspecified atom stereocenters. The van der Waals surface area contributed by atoms with Crippen molar-refractivity contribution >= 4 is 5.91 Å². The van der Waals surface area contributed by atoms with Gasteiger partial charge in [0, 0.05) is 0 Å². The van der Waals surface area contributed by atoms with Crippen molar-refractivity contribution in [3.63, 3.8) is 0 Å². The first kappa shape index (κ1) is 72.9. The summed E-state index contributed by atoms with van der Waals surface area (Å²) in [5.41, 5.74) is 0. The summed E-state index contributed by atoms with van der Waals surface area (Å²) < 4.78 is 11.1. The normalized spacial score (nSPS) is 19.6. The summed E-state index contributed by atoms with van der Waals surface area (Å²) in [6.45, 7) is 3.45. The minimum absolute atomic E-state index is 0.259. The van der Waals surface area contributed by atoms with Gasteiger partial charge in [0.1, 0.15) is 36.6 Å². The summed E-state index contributed by atoms with van der Waals surface area (Å²) in [5.74, 6) is -0.701. The van der Waals surface area contributed by atoms with Crippen LogP contribution < -0.4 is 5.32 Å². The molecule has 9 atom stereocenters. The van der Waals surface area contributed by atoms with E-state index in [0.29, 0.717) is 12.8 Å². The van der Waals surface area contributed by atoms with Gasteiger partial charge in [0.15, 0.2) is 6.29 Å². The molecule has 0 aliphatic carbocycles. The largest absolute Gasteiger partial charge is 0.394 e. The van der Waals surface area contributed by atoms with Crippen LogP contribution in [-0.4, -0.2) is 110 Å². The second-order valence-electron chi connectivity index (χ2n) is 23.5. The Morgan fingerprint density at radius 2 is 0.776 bits per heavy atom. The van der Waals surface area contributed by atoms with E-state index < -0.39 is 74.2 Å². The fraction of sp³-hybridized carbons (Fsp3) is 0.954. The van der Waals surface area contributed by atoms with Crippen LogP contribution in [0.3, 0.4) is 0 Å². The first-order valence-corrected chi connectivity index (χ1v) is 33.1. The van der Waals surface area contributed by atoms with E-state index in [2.05, 4.69) is 31.3 Å². The Kier molecular flexibility index (Phi) is 52.2. The van der Waals surface area contributed by atoms with Gasteiger partial charge in [-0.05, 0) is 38.5 Å². The van der Waals surface area contributed by atoms with Crippen molar-refractivity contribution < 1.29 is 50.0 Å². The Labute approximate surface area is 468 Å². The van der Waals surface area contributed by atoms with Crippen LogP contribution in [0.25, 0.3) is 0 Å². The van der Waals surface area contributed by atoms with Crippen LogP contribution in [0.1, 0.15) is 328 Å². The number of allylic oxidation sites excluding steroid dienone is 2. The molecule has 11 heteroatoms. The van der Waals surface area contributed by atoms with Gasteiger partial charge in [-0.3, -0.25) is 4.79 Å². The number of carbonyl (C=O) groups is 1. The summed E-state index contributed by atoms with van der Waals surface area (Å²) in [7, 11) is 0. The van der Waals surface area contributed by atoms with Crippen LogP contribution in [0.2, 0.25) is 0 Å². The average molecular weight is 1080 g/mol. The summed E-state index contributed by atoms with van der Waals surface area (Å²) in [6.07, 6.45) is 54.9. The lowest BCUT2D eigenvalue weighted by atomic mass is 9.98. The lowest BCUT2D eigenvalue weighted by Gasteiger charge is -2.40. The zero-order chi connectivity index (χ0) is 55.4. The smallest absolute Gasteiger partial charge is 0.249 e. The molecule has 8 N–H and O–H groups in total. The molecule has 1 fully saturated rings. The highest BCUT2D eigenvalue weighted by atomic mass is 16.7. The fourth-order valence-corrected chi connectivity index (χ4v) is 11.0. The number of aliphatic hydroxyl groups excluding tert-OH is 7. The zero-order valence-corrected chi connectivity index (χ0v) is 49.8. The van der Waals surface area contributed by atoms with Gasteiger partial charge in [-0.1, -0.05) is 302 Å². The first-order chi connectivity index (χ1) is 37.2. The molecule has 0 aromatic carbocycles. The van der Waals surface area contributed by atoms with Gasteiger partial charge in [-0.2, -0.15) is 0 Å². The third-order valence-corrected chi connectivity index (χ3v) is 16.3. The number of amides is 1. The maximum absolute atomic E-state index is 13.2. The molecule has 0 aromatic rings. The SMILES string of the molecule is CCCCCCCC/C=C/CCCC(O)C(O)C(COC1OC(CO)C(O)C(O)C1O)NC(=O)C(O)CCCCCCCCCCCCCCCCCCCCCCCCCCCCCCCCCCCCCCCC. The van der Waals surface area contributed by atoms with E-state index in [9.17, 15) is 40.5 Å². The number of carbonyl (C=O) groups excluding carboxylic acids is 1. The van der Waals surface area contributed by atoms with Crippen molar-refractivity contribution in [2.75, 3.05) is 13.2 Å².